The molecule has 3 atom stereocenters. The molecule has 0 aliphatic heterocycles. The van der Waals surface area contributed by atoms with E-state index < -0.39 is 0 Å². The van der Waals surface area contributed by atoms with Crippen LogP contribution in [0.5, 0.6) is 0 Å². The highest BCUT2D eigenvalue weighted by Crippen LogP contribution is 2.68. The Labute approximate surface area is 97.0 Å². The predicted molar refractivity (Wildman–Crippen MR) is 69.2 cm³/mol. The number of hydrogen-bond donors (Lipinski definition) is 0. The first kappa shape index (κ1) is 11.2. The Morgan fingerprint density at radius 3 is 2.50 bits per heavy atom. The van der Waals surface area contributed by atoms with E-state index in [1.54, 1.807) is 0 Å². The van der Waals surface area contributed by atoms with E-state index in [1.807, 2.05) is 0 Å². The van der Waals surface area contributed by atoms with Crippen molar-refractivity contribution >= 4 is 23.5 Å². The number of thioether (sulfide) groups is 2. The van der Waals surface area contributed by atoms with E-state index in [-0.39, 0.29) is 0 Å². The zero-order chi connectivity index (χ0) is 10.4. The Kier molecular flexibility index (Phi) is 2.90. The third-order valence-corrected chi connectivity index (χ3v) is 7.06. The molecule has 0 heterocycles. The minimum absolute atomic E-state index is 0.601. The first-order valence-electron chi connectivity index (χ1n) is 5.60. The Morgan fingerprint density at radius 2 is 2.00 bits per heavy atom. The second-order valence-corrected chi connectivity index (χ2v) is 7.41. The molecule has 2 aliphatic rings. The van der Waals surface area contributed by atoms with Crippen molar-refractivity contribution in [3.8, 4) is 0 Å². The van der Waals surface area contributed by atoms with Gasteiger partial charge in [-0.15, -0.1) is 0 Å². The molecule has 0 aromatic rings. The third kappa shape index (κ3) is 1.22. The Morgan fingerprint density at radius 1 is 1.29 bits per heavy atom. The monoisotopic (exact) mass is 230 g/mol. The van der Waals surface area contributed by atoms with Gasteiger partial charge in [-0.05, 0) is 48.5 Å². The van der Waals surface area contributed by atoms with Crippen LogP contribution in [0.2, 0.25) is 0 Å². The van der Waals surface area contributed by atoms with Gasteiger partial charge in [0.2, 0.25) is 0 Å². The topological polar surface area (TPSA) is 0 Å². The Hall–Kier alpha value is 0.700. The van der Waals surface area contributed by atoms with Crippen molar-refractivity contribution in [3.05, 3.63) is 0 Å². The fraction of sp³-hybridized carbons (Fsp3) is 1.00. The number of fused-ring (bicyclic) bond motifs is 2. The van der Waals surface area contributed by atoms with E-state index in [0.717, 1.165) is 11.2 Å². The lowest BCUT2D eigenvalue weighted by Gasteiger charge is -2.41. The first-order valence-corrected chi connectivity index (χ1v) is 8.28. The van der Waals surface area contributed by atoms with Crippen LogP contribution in [0, 0.1) is 16.7 Å². The van der Waals surface area contributed by atoms with Gasteiger partial charge in [-0.3, -0.25) is 0 Å². The fourth-order valence-electron chi connectivity index (χ4n) is 3.92. The van der Waals surface area contributed by atoms with E-state index in [2.05, 4.69) is 49.9 Å². The van der Waals surface area contributed by atoms with E-state index in [4.69, 9.17) is 0 Å². The van der Waals surface area contributed by atoms with Crippen LogP contribution in [0.1, 0.15) is 33.1 Å². The molecule has 82 valence electrons. The molecule has 2 saturated carbocycles. The summed E-state index contributed by atoms with van der Waals surface area (Å²) in [7, 11) is 0. The number of hydrogen-bond acceptors (Lipinski definition) is 2. The zero-order valence-corrected chi connectivity index (χ0v) is 11.4. The number of rotatable bonds is 3. The second-order valence-electron chi connectivity index (χ2n) is 5.51. The van der Waals surface area contributed by atoms with E-state index in [9.17, 15) is 0 Å². The standard InChI is InChI=1S/C12H22S2/c1-11(2)9-5-6-12(11,8-13-3)10(7-9)14-4/h9-10H,5-8H2,1-4H3/t9-,10-,12-/m1/s1. The molecule has 2 rings (SSSR count). The van der Waals surface area contributed by atoms with Gasteiger partial charge >= 0.3 is 0 Å². The van der Waals surface area contributed by atoms with Crippen LogP contribution in [-0.2, 0) is 0 Å². The van der Waals surface area contributed by atoms with Crippen LogP contribution in [-0.4, -0.2) is 23.5 Å². The van der Waals surface area contributed by atoms with Crippen molar-refractivity contribution in [1.82, 2.24) is 0 Å². The van der Waals surface area contributed by atoms with Gasteiger partial charge < -0.3 is 0 Å². The van der Waals surface area contributed by atoms with Crippen LogP contribution >= 0.6 is 23.5 Å². The summed E-state index contributed by atoms with van der Waals surface area (Å²) < 4.78 is 0. The highest BCUT2D eigenvalue weighted by Gasteiger charge is 2.63. The summed E-state index contributed by atoms with van der Waals surface area (Å²) in [5.41, 5.74) is 1.25. The van der Waals surface area contributed by atoms with Crippen molar-refractivity contribution in [3.63, 3.8) is 0 Å². The molecule has 0 amide bonds. The summed E-state index contributed by atoms with van der Waals surface area (Å²) in [6, 6.07) is 0. The molecule has 0 N–H and O–H groups in total. The summed E-state index contributed by atoms with van der Waals surface area (Å²) in [6.45, 7) is 5.05. The van der Waals surface area contributed by atoms with Gasteiger partial charge in [-0.25, -0.2) is 0 Å². The molecule has 0 unspecified atom stereocenters. The van der Waals surface area contributed by atoms with Crippen molar-refractivity contribution in [2.24, 2.45) is 16.7 Å². The molecular weight excluding hydrogens is 208 g/mol. The lowest BCUT2D eigenvalue weighted by atomic mass is 9.70. The van der Waals surface area contributed by atoms with Crippen LogP contribution in [0.4, 0.5) is 0 Å². The molecule has 0 saturated heterocycles. The summed E-state index contributed by atoms with van der Waals surface area (Å²) >= 11 is 4.18. The summed E-state index contributed by atoms with van der Waals surface area (Å²) in [4.78, 5) is 0. The minimum atomic E-state index is 0.601. The maximum atomic E-state index is 2.52. The summed E-state index contributed by atoms with van der Waals surface area (Å²) in [5.74, 6) is 2.38. The highest BCUT2D eigenvalue weighted by atomic mass is 32.2. The molecule has 0 nitrogen and oxygen atoms in total. The van der Waals surface area contributed by atoms with Crippen LogP contribution in [0.3, 0.4) is 0 Å². The van der Waals surface area contributed by atoms with E-state index in [0.29, 0.717) is 10.8 Å². The molecule has 0 aromatic carbocycles. The lowest BCUT2D eigenvalue weighted by Crippen LogP contribution is -2.39. The van der Waals surface area contributed by atoms with E-state index >= 15 is 0 Å². The van der Waals surface area contributed by atoms with Crippen molar-refractivity contribution in [2.75, 3.05) is 18.3 Å². The van der Waals surface area contributed by atoms with Crippen molar-refractivity contribution in [2.45, 2.75) is 38.4 Å². The van der Waals surface area contributed by atoms with Crippen molar-refractivity contribution < 1.29 is 0 Å². The highest BCUT2D eigenvalue weighted by molar-refractivity contribution is 7.99. The Bertz CT molecular complexity index is 224. The molecule has 2 bridgehead atoms. The maximum absolute atomic E-state index is 2.52. The van der Waals surface area contributed by atoms with E-state index in [1.165, 1.54) is 25.0 Å². The SMILES string of the molecule is CSC[C@]12CC[C@H](C[C@H]1SC)C2(C)C. The molecule has 2 fully saturated rings. The smallest absolute Gasteiger partial charge is 0.0117 e. The van der Waals surface area contributed by atoms with Gasteiger partial charge in [0, 0.05) is 11.0 Å². The normalized spacial score (nSPS) is 44.6. The average molecular weight is 230 g/mol. The molecule has 0 aromatic heterocycles. The van der Waals surface area contributed by atoms with Gasteiger partial charge in [-0.2, -0.15) is 23.5 Å². The molecule has 14 heavy (non-hydrogen) atoms. The fourth-order valence-corrected chi connectivity index (χ4v) is 6.64. The van der Waals surface area contributed by atoms with Crippen LogP contribution in [0.15, 0.2) is 0 Å². The van der Waals surface area contributed by atoms with Crippen LogP contribution in [0.25, 0.3) is 0 Å². The largest absolute Gasteiger partial charge is 0.165 e. The maximum Gasteiger partial charge on any atom is 0.0117 e. The van der Waals surface area contributed by atoms with Crippen LogP contribution < -0.4 is 0 Å². The quantitative estimate of drug-likeness (QED) is 0.721. The predicted octanol–water partition coefficient (Wildman–Crippen LogP) is 3.91. The second kappa shape index (κ2) is 3.62. The summed E-state index contributed by atoms with van der Waals surface area (Å²) in [5, 5.41) is 0.934. The van der Waals surface area contributed by atoms with Gasteiger partial charge in [0.15, 0.2) is 0 Å². The molecule has 2 aliphatic carbocycles. The first-order chi connectivity index (χ1) is 6.58. The van der Waals surface area contributed by atoms with Gasteiger partial charge in [-0.1, -0.05) is 13.8 Å². The minimum Gasteiger partial charge on any atom is -0.165 e. The zero-order valence-electron chi connectivity index (χ0n) is 9.80. The van der Waals surface area contributed by atoms with Gasteiger partial charge in [0.1, 0.15) is 0 Å². The third-order valence-electron chi connectivity index (χ3n) is 5.04. The average Bonchev–Trinajstić information content (AvgIpc) is 2.51. The molecule has 2 heteroatoms. The molecule has 0 spiro atoms. The molecule has 0 radical (unpaired) electrons. The van der Waals surface area contributed by atoms with Crippen molar-refractivity contribution in [1.29, 1.82) is 0 Å². The Balaban J connectivity index is 2.30. The lowest BCUT2D eigenvalue weighted by molar-refractivity contribution is 0.162. The van der Waals surface area contributed by atoms with Gasteiger partial charge in [0.05, 0.1) is 0 Å². The molecular formula is C12H22S2. The summed E-state index contributed by atoms with van der Waals surface area (Å²) in [6.07, 6.45) is 9.04. The van der Waals surface area contributed by atoms with Gasteiger partial charge in [0.25, 0.3) is 0 Å².